The third kappa shape index (κ3) is 6.22. The van der Waals surface area contributed by atoms with Gasteiger partial charge in [-0.05, 0) is 70.5 Å². The average molecular weight is 811 g/mol. The Morgan fingerprint density at radius 1 is 0.592 bits per heavy atom. The molecule has 0 atom stereocenters. The summed E-state index contributed by atoms with van der Waals surface area (Å²) in [6.45, 7) is 6.26. The van der Waals surface area contributed by atoms with Gasteiger partial charge in [-0.25, -0.2) is 0 Å². The molecular weight excluding hydrogens is 780 g/mol. The van der Waals surface area contributed by atoms with Crippen LogP contribution in [0.4, 0.5) is 0 Å². The fourth-order valence-electron chi connectivity index (χ4n) is 6.39. The van der Waals surface area contributed by atoms with E-state index in [9.17, 15) is 0 Å². The van der Waals surface area contributed by atoms with Gasteiger partial charge in [0.1, 0.15) is 11.5 Å². The molecule has 2 aliphatic rings. The van der Waals surface area contributed by atoms with Gasteiger partial charge in [-0.3, -0.25) is 0 Å². The number of aryl methyl sites for hydroxylation is 3. The minimum absolute atomic E-state index is 0. The van der Waals surface area contributed by atoms with E-state index in [0.29, 0.717) is 0 Å². The smallest absolute Gasteiger partial charge is 0.239 e. The molecule has 0 amide bonds. The van der Waals surface area contributed by atoms with Crippen molar-refractivity contribution in [1.82, 2.24) is 9.97 Å². The van der Waals surface area contributed by atoms with Gasteiger partial charge in [-0.1, -0.05) is 103 Å². The quantitative estimate of drug-likeness (QED) is 0.133. The predicted octanol–water partition coefficient (Wildman–Crippen LogP) is 8.41. The zero-order valence-corrected chi connectivity index (χ0v) is 29.7. The number of aromatic nitrogens is 2. The van der Waals surface area contributed by atoms with Crippen molar-refractivity contribution < 1.29 is 29.6 Å². The molecule has 1 radical (unpaired) electrons. The molecular formula is C43H31BIrN2O2-2. The van der Waals surface area contributed by atoms with Crippen molar-refractivity contribution in [2.45, 2.75) is 20.8 Å². The molecule has 0 aliphatic carbocycles. The number of rotatable bonds is 3. The molecule has 0 unspecified atom stereocenters. The average Bonchev–Trinajstić information content (AvgIpc) is 3.13. The molecule has 7 aromatic rings. The molecule has 0 saturated heterocycles. The topological polar surface area (TPSA) is 44.2 Å². The second-order valence-corrected chi connectivity index (χ2v) is 12.2. The van der Waals surface area contributed by atoms with E-state index < -0.39 is 0 Å². The van der Waals surface area contributed by atoms with E-state index in [-0.39, 0.29) is 26.8 Å². The zero-order chi connectivity index (χ0) is 32.6. The number of fused-ring (bicyclic) bond motifs is 4. The number of hydrogen-bond donors (Lipinski definition) is 0. The predicted molar refractivity (Wildman–Crippen MR) is 194 cm³/mol. The minimum atomic E-state index is 0. The zero-order valence-electron chi connectivity index (χ0n) is 27.3. The number of pyridine rings is 2. The fraction of sp³-hybridized carbons (Fsp3) is 0.0698. The Hall–Kier alpha value is -5.29. The second-order valence-electron chi connectivity index (χ2n) is 12.2. The van der Waals surface area contributed by atoms with Crippen LogP contribution in [-0.2, 0) is 20.1 Å². The summed E-state index contributed by atoms with van der Waals surface area (Å²) in [5.74, 6) is 3.34. The van der Waals surface area contributed by atoms with E-state index in [1.807, 2.05) is 67.8 Å². The fourth-order valence-corrected chi connectivity index (χ4v) is 6.39. The number of para-hydroxylation sites is 2. The first kappa shape index (κ1) is 32.3. The van der Waals surface area contributed by atoms with Gasteiger partial charge in [0, 0.05) is 44.0 Å². The van der Waals surface area contributed by atoms with Crippen LogP contribution in [0.5, 0.6) is 23.0 Å². The SMILES string of the molecule is Cc1c[c-]c(-c2cc(-c3ccccc3)c(C)cn2)cc1.Cc1ccc(-c2[c-]cc3c4c2Oc2ccccc2B4c2ccccc2O3)nc1.[Ir]. The van der Waals surface area contributed by atoms with Gasteiger partial charge in [0.15, 0.2) is 0 Å². The number of nitrogens with zero attached hydrogens (tertiary/aromatic N) is 2. The molecule has 49 heavy (non-hydrogen) atoms. The molecule has 0 spiro atoms. The minimum Gasteiger partial charge on any atom is -0.503 e. The maximum Gasteiger partial charge on any atom is 0.239 e. The summed E-state index contributed by atoms with van der Waals surface area (Å²) >= 11 is 0. The second kappa shape index (κ2) is 13.7. The van der Waals surface area contributed by atoms with E-state index in [1.165, 1.54) is 22.3 Å². The Labute approximate surface area is 301 Å². The molecule has 4 heterocycles. The summed E-state index contributed by atoms with van der Waals surface area (Å²) in [6.07, 6.45) is 3.81. The van der Waals surface area contributed by atoms with E-state index in [0.717, 1.165) is 67.5 Å². The van der Waals surface area contributed by atoms with E-state index in [4.69, 9.17) is 9.47 Å². The van der Waals surface area contributed by atoms with E-state index in [1.54, 1.807) is 0 Å². The normalized spacial score (nSPS) is 11.7. The van der Waals surface area contributed by atoms with Gasteiger partial charge in [-0.2, -0.15) is 0 Å². The summed E-state index contributed by atoms with van der Waals surface area (Å²) in [4.78, 5) is 9.14. The number of benzene rings is 5. The maximum atomic E-state index is 6.40. The van der Waals surface area contributed by atoms with Gasteiger partial charge in [0.05, 0.1) is 0 Å². The molecule has 0 fully saturated rings. The molecule has 9 rings (SSSR count). The monoisotopic (exact) mass is 811 g/mol. The van der Waals surface area contributed by atoms with Crippen LogP contribution >= 0.6 is 0 Å². The van der Waals surface area contributed by atoms with Crippen LogP contribution in [0.15, 0.2) is 134 Å². The van der Waals surface area contributed by atoms with E-state index >= 15 is 0 Å². The summed E-state index contributed by atoms with van der Waals surface area (Å²) in [6, 6.07) is 47.8. The molecule has 0 saturated carbocycles. The summed E-state index contributed by atoms with van der Waals surface area (Å²) < 4.78 is 12.6. The molecule has 239 valence electrons. The summed E-state index contributed by atoms with van der Waals surface area (Å²) in [7, 11) is 0. The van der Waals surface area contributed by atoms with Crippen LogP contribution in [0, 0.1) is 32.9 Å². The van der Waals surface area contributed by atoms with Crippen molar-refractivity contribution in [3.8, 4) is 56.6 Å². The van der Waals surface area contributed by atoms with Crippen molar-refractivity contribution in [3.05, 3.63) is 163 Å². The van der Waals surface area contributed by atoms with Gasteiger partial charge in [0.2, 0.25) is 6.71 Å². The Morgan fingerprint density at radius 3 is 1.96 bits per heavy atom. The first-order chi connectivity index (χ1) is 23.5. The van der Waals surface area contributed by atoms with Crippen molar-refractivity contribution in [2.24, 2.45) is 0 Å². The van der Waals surface area contributed by atoms with Crippen LogP contribution in [0.2, 0.25) is 0 Å². The summed E-state index contributed by atoms with van der Waals surface area (Å²) in [5, 5.41) is 0. The Kier molecular flexibility index (Phi) is 9.01. The van der Waals surface area contributed by atoms with Crippen molar-refractivity contribution >= 4 is 23.1 Å². The van der Waals surface area contributed by atoms with Crippen molar-refractivity contribution in [1.29, 1.82) is 0 Å². The number of ether oxygens (including phenoxy) is 2. The van der Waals surface area contributed by atoms with Gasteiger partial charge >= 0.3 is 0 Å². The molecule has 4 nitrogen and oxygen atoms in total. The largest absolute Gasteiger partial charge is 0.503 e. The molecule has 6 heteroatoms. The summed E-state index contributed by atoms with van der Waals surface area (Å²) in [5.41, 5.74) is 13.0. The van der Waals surface area contributed by atoms with Crippen LogP contribution in [0.1, 0.15) is 16.7 Å². The van der Waals surface area contributed by atoms with Crippen molar-refractivity contribution in [2.75, 3.05) is 0 Å². The van der Waals surface area contributed by atoms with Crippen LogP contribution < -0.4 is 25.9 Å². The Morgan fingerprint density at radius 2 is 1.27 bits per heavy atom. The molecule has 5 aromatic carbocycles. The van der Waals surface area contributed by atoms with Gasteiger partial charge < -0.3 is 19.4 Å². The molecule has 2 aliphatic heterocycles. The molecule has 0 bridgehead atoms. The van der Waals surface area contributed by atoms with Crippen molar-refractivity contribution in [3.63, 3.8) is 0 Å². The maximum absolute atomic E-state index is 6.40. The van der Waals surface area contributed by atoms with Gasteiger partial charge in [-0.15, -0.1) is 47.5 Å². The van der Waals surface area contributed by atoms with Gasteiger partial charge in [0.25, 0.3) is 0 Å². The Bertz CT molecular complexity index is 2260. The standard InChI is InChI=1S/C24H15BNO2.C19H16N.Ir/c1-15-10-12-19(26-14-15)16-11-13-22-23-24(16)28-21-9-5-3-7-18(21)25(23)17-6-2-4-8-20(17)27-22;1-14-8-10-17(11-9-14)19-12-18(15(2)13-20-19)16-6-4-3-5-7-16;/h2-10,12-14H,1H3;3-10,12-13H,1-2H3;/q2*-1;. The Balaban J connectivity index is 0.000000160. The first-order valence-corrected chi connectivity index (χ1v) is 16.1. The first-order valence-electron chi connectivity index (χ1n) is 16.1. The number of hydrogen-bond acceptors (Lipinski definition) is 4. The van der Waals surface area contributed by atoms with Crippen LogP contribution in [0.3, 0.4) is 0 Å². The third-order valence-corrected chi connectivity index (χ3v) is 8.87. The van der Waals surface area contributed by atoms with Crippen LogP contribution in [0.25, 0.3) is 33.6 Å². The molecule has 0 N–H and O–H groups in total. The third-order valence-electron chi connectivity index (χ3n) is 8.87. The van der Waals surface area contributed by atoms with Crippen LogP contribution in [-0.4, -0.2) is 16.7 Å². The molecule has 2 aromatic heterocycles. The van der Waals surface area contributed by atoms with E-state index in [2.05, 4.69) is 109 Å².